The molecule has 0 bridgehead atoms. The predicted molar refractivity (Wildman–Crippen MR) is 42.3 cm³/mol. The SMILES string of the molecule is CCC(CC)[C@H](N)CC. The Bertz CT molecular complexity index is 57.6. The molecule has 0 rings (SSSR count). The largest absolute Gasteiger partial charge is 0.327 e. The molecular formula is C8H19N. The van der Waals surface area contributed by atoms with Crippen LogP contribution in [0.15, 0.2) is 0 Å². The second kappa shape index (κ2) is 4.80. The van der Waals surface area contributed by atoms with Gasteiger partial charge in [0.25, 0.3) is 0 Å². The third-order valence-electron chi connectivity index (χ3n) is 2.13. The van der Waals surface area contributed by atoms with E-state index in [1.54, 1.807) is 0 Å². The third-order valence-corrected chi connectivity index (χ3v) is 2.13. The predicted octanol–water partition coefficient (Wildman–Crippen LogP) is 2.16. The Hall–Kier alpha value is -0.0400. The van der Waals surface area contributed by atoms with E-state index in [1.807, 2.05) is 0 Å². The molecule has 0 saturated carbocycles. The summed E-state index contributed by atoms with van der Waals surface area (Å²) in [6.07, 6.45) is 3.57. The van der Waals surface area contributed by atoms with Gasteiger partial charge in [0.1, 0.15) is 0 Å². The van der Waals surface area contributed by atoms with Gasteiger partial charge >= 0.3 is 0 Å². The van der Waals surface area contributed by atoms with E-state index in [2.05, 4.69) is 20.8 Å². The van der Waals surface area contributed by atoms with E-state index >= 15 is 0 Å². The molecule has 2 N–H and O–H groups in total. The number of rotatable bonds is 4. The van der Waals surface area contributed by atoms with E-state index in [4.69, 9.17) is 5.73 Å². The van der Waals surface area contributed by atoms with Crippen LogP contribution < -0.4 is 5.73 Å². The van der Waals surface area contributed by atoms with Gasteiger partial charge in [0, 0.05) is 6.04 Å². The van der Waals surface area contributed by atoms with Crippen LogP contribution >= 0.6 is 0 Å². The lowest BCUT2D eigenvalue weighted by Crippen LogP contribution is -2.28. The standard InChI is InChI=1S/C8H19N/c1-4-7(5-2)8(9)6-3/h7-8H,4-6,9H2,1-3H3/t8-/m1/s1. The van der Waals surface area contributed by atoms with Crippen LogP contribution in [0.5, 0.6) is 0 Å². The average molecular weight is 129 g/mol. The fourth-order valence-electron chi connectivity index (χ4n) is 1.23. The third kappa shape index (κ3) is 2.85. The highest BCUT2D eigenvalue weighted by Crippen LogP contribution is 2.12. The Balaban J connectivity index is 3.50. The molecule has 0 spiro atoms. The molecular weight excluding hydrogens is 110 g/mol. The van der Waals surface area contributed by atoms with E-state index in [1.165, 1.54) is 12.8 Å². The maximum Gasteiger partial charge on any atom is 0.00643 e. The Labute approximate surface area is 58.6 Å². The van der Waals surface area contributed by atoms with Crippen LogP contribution in [0.2, 0.25) is 0 Å². The van der Waals surface area contributed by atoms with Crippen LogP contribution in [0.25, 0.3) is 0 Å². The zero-order chi connectivity index (χ0) is 7.28. The summed E-state index contributed by atoms with van der Waals surface area (Å²) in [5, 5.41) is 0. The van der Waals surface area contributed by atoms with Crippen molar-refractivity contribution in [2.75, 3.05) is 0 Å². The minimum atomic E-state index is 0.431. The molecule has 0 aromatic carbocycles. The minimum Gasteiger partial charge on any atom is -0.327 e. The molecule has 0 aromatic rings. The molecule has 56 valence electrons. The summed E-state index contributed by atoms with van der Waals surface area (Å²) in [5.41, 5.74) is 5.84. The second-order valence-corrected chi connectivity index (χ2v) is 2.65. The first-order chi connectivity index (χ1) is 4.26. The van der Waals surface area contributed by atoms with Crippen LogP contribution in [-0.4, -0.2) is 6.04 Å². The first kappa shape index (κ1) is 8.96. The summed E-state index contributed by atoms with van der Waals surface area (Å²) in [6, 6.07) is 0.431. The van der Waals surface area contributed by atoms with Crippen molar-refractivity contribution in [1.82, 2.24) is 0 Å². The molecule has 0 aliphatic heterocycles. The number of hydrogen-bond acceptors (Lipinski definition) is 1. The van der Waals surface area contributed by atoms with Crippen molar-refractivity contribution in [3.8, 4) is 0 Å². The Morgan fingerprint density at radius 3 is 1.56 bits per heavy atom. The molecule has 0 aliphatic carbocycles. The molecule has 0 saturated heterocycles. The summed E-state index contributed by atoms with van der Waals surface area (Å²) >= 11 is 0. The lowest BCUT2D eigenvalue weighted by atomic mass is 9.93. The van der Waals surface area contributed by atoms with Crippen LogP contribution in [0, 0.1) is 5.92 Å². The van der Waals surface area contributed by atoms with Gasteiger partial charge in [0.05, 0.1) is 0 Å². The van der Waals surface area contributed by atoms with Crippen molar-refractivity contribution in [2.24, 2.45) is 11.7 Å². The van der Waals surface area contributed by atoms with Crippen molar-refractivity contribution in [1.29, 1.82) is 0 Å². The summed E-state index contributed by atoms with van der Waals surface area (Å²) in [7, 11) is 0. The van der Waals surface area contributed by atoms with Crippen molar-refractivity contribution in [3.05, 3.63) is 0 Å². The molecule has 0 fully saturated rings. The van der Waals surface area contributed by atoms with E-state index in [-0.39, 0.29) is 0 Å². The molecule has 1 heteroatoms. The fourth-order valence-corrected chi connectivity index (χ4v) is 1.23. The van der Waals surface area contributed by atoms with Gasteiger partial charge in [-0.15, -0.1) is 0 Å². The maximum atomic E-state index is 5.84. The van der Waals surface area contributed by atoms with Gasteiger partial charge in [-0.2, -0.15) is 0 Å². The summed E-state index contributed by atoms with van der Waals surface area (Å²) < 4.78 is 0. The van der Waals surface area contributed by atoms with Gasteiger partial charge in [0.2, 0.25) is 0 Å². The molecule has 0 aromatic heterocycles. The van der Waals surface area contributed by atoms with Gasteiger partial charge in [-0.25, -0.2) is 0 Å². The molecule has 0 aliphatic rings. The van der Waals surface area contributed by atoms with Crippen LogP contribution in [-0.2, 0) is 0 Å². The number of nitrogens with two attached hydrogens (primary N) is 1. The van der Waals surface area contributed by atoms with E-state index < -0.39 is 0 Å². The Kier molecular flexibility index (Phi) is 4.78. The zero-order valence-electron chi connectivity index (χ0n) is 6.85. The first-order valence-electron chi connectivity index (χ1n) is 4.01. The first-order valence-corrected chi connectivity index (χ1v) is 4.01. The number of hydrogen-bond donors (Lipinski definition) is 1. The van der Waals surface area contributed by atoms with Gasteiger partial charge in [0.15, 0.2) is 0 Å². The van der Waals surface area contributed by atoms with Crippen LogP contribution in [0.4, 0.5) is 0 Å². The maximum absolute atomic E-state index is 5.84. The average Bonchev–Trinajstić information content (AvgIpc) is 1.90. The molecule has 0 amide bonds. The molecule has 9 heavy (non-hydrogen) atoms. The van der Waals surface area contributed by atoms with Crippen LogP contribution in [0.3, 0.4) is 0 Å². The highest BCUT2D eigenvalue weighted by Gasteiger charge is 2.10. The summed E-state index contributed by atoms with van der Waals surface area (Å²) in [4.78, 5) is 0. The minimum absolute atomic E-state index is 0.431. The highest BCUT2D eigenvalue weighted by molar-refractivity contribution is 4.67. The summed E-state index contributed by atoms with van der Waals surface area (Å²) in [6.45, 7) is 6.58. The lowest BCUT2D eigenvalue weighted by molar-refractivity contribution is 0.387. The fraction of sp³-hybridized carbons (Fsp3) is 1.00. The second-order valence-electron chi connectivity index (χ2n) is 2.65. The topological polar surface area (TPSA) is 26.0 Å². The van der Waals surface area contributed by atoms with Gasteiger partial charge in [-0.05, 0) is 12.3 Å². The molecule has 1 nitrogen and oxygen atoms in total. The van der Waals surface area contributed by atoms with Gasteiger partial charge in [-0.3, -0.25) is 0 Å². The van der Waals surface area contributed by atoms with Gasteiger partial charge < -0.3 is 5.73 Å². The van der Waals surface area contributed by atoms with E-state index in [0.29, 0.717) is 6.04 Å². The smallest absolute Gasteiger partial charge is 0.00643 e. The van der Waals surface area contributed by atoms with Crippen molar-refractivity contribution < 1.29 is 0 Å². The molecule has 0 radical (unpaired) electrons. The van der Waals surface area contributed by atoms with Crippen LogP contribution in [0.1, 0.15) is 40.0 Å². The highest BCUT2D eigenvalue weighted by atomic mass is 14.6. The van der Waals surface area contributed by atoms with Crippen molar-refractivity contribution in [2.45, 2.75) is 46.1 Å². The zero-order valence-corrected chi connectivity index (χ0v) is 6.85. The van der Waals surface area contributed by atoms with Crippen molar-refractivity contribution in [3.63, 3.8) is 0 Å². The van der Waals surface area contributed by atoms with E-state index in [0.717, 1.165) is 12.3 Å². The van der Waals surface area contributed by atoms with Crippen molar-refractivity contribution >= 4 is 0 Å². The van der Waals surface area contributed by atoms with E-state index in [9.17, 15) is 0 Å². The molecule has 0 heterocycles. The normalized spacial score (nSPS) is 14.3. The quantitative estimate of drug-likeness (QED) is 0.618. The lowest BCUT2D eigenvalue weighted by Gasteiger charge is -2.18. The summed E-state index contributed by atoms with van der Waals surface area (Å²) in [5.74, 6) is 0.745. The Morgan fingerprint density at radius 2 is 1.44 bits per heavy atom. The molecule has 1 atom stereocenters. The monoisotopic (exact) mass is 129 g/mol. The van der Waals surface area contributed by atoms with Gasteiger partial charge in [-0.1, -0.05) is 33.6 Å². The Morgan fingerprint density at radius 1 is 1.00 bits per heavy atom. The molecule has 0 unspecified atom stereocenters.